The van der Waals surface area contributed by atoms with Gasteiger partial charge in [0.05, 0.1) is 11.7 Å². The van der Waals surface area contributed by atoms with Gasteiger partial charge in [0.25, 0.3) is 5.91 Å². The monoisotopic (exact) mass is 357 g/mol. The number of hydrogen-bond donors (Lipinski definition) is 2. The molecule has 1 amide bonds. The third-order valence-corrected chi connectivity index (χ3v) is 4.29. The second kappa shape index (κ2) is 7.13. The lowest BCUT2D eigenvalue weighted by Gasteiger charge is -2.13. The van der Waals surface area contributed by atoms with Crippen molar-refractivity contribution in [3.8, 4) is 23.0 Å². The van der Waals surface area contributed by atoms with Gasteiger partial charge < -0.3 is 29.4 Å². The van der Waals surface area contributed by atoms with Gasteiger partial charge in [-0.2, -0.15) is 0 Å². The minimum atomic E-state index is -0.447. The smallest absolute Gasteiger partial charge is 0.259 e. The number of phenolic OH excluding ortho intramolecular Hbond substituents is 1. The summed E-state index contributed by atoms with van der Waals surface area (Å²) in [7, 11) is 0. The van der Waals surface area contributed by atoms with Crippen molar-refractivity contribution in [3.05, 3.63) is 42.0 Å². The molecule has 2 aliphatic rings. The zero-order valence-corrected chi connectivity index (χ0v) is 14.1. The van der Waals surface area contributed by atoms with Gasteiger partial charge in [-0.1, -0.05) is 6.07 Å². The van der Waals surface area contributed by atoms with E-state index in [1.54, 1.807) is 18.2 Å². The second-order valence-electron chi connectivity index (χ2n) is 6.15. The van der Waals surface area contributed by atoms with Crippen LogP contribution in [0.15, 0.2) is 36.4 Å². The Morgan fingerprint density at radius 2 is 2.08 bits per heavy atom. The van der Waals surface area contributed by atoms with Gasteiger partial charge in [0.1, 0.15) is 18.1 Å². The van der Waals surface area contributed by atoms with Crippen molar-refractivity contribution in [2.45, 2.75) is 18.9 Å². The summed E-state index contributed by atoms with van der Waals surface area (Å²) < 4.78 is 21.7. The molecule has 0 radical (unpaired) electrons. The Morgan fingerprint density at radius 3 is 2.88 bits per heavy atom. The zero-order chi connectivity index (χ0) is 17.9. The van der Waals surface area contributed by atoms with Gasteiger partial charge in [0, 0.05) is 30.5 Å². The largest absolute Gasteiger partial charge is 0.507 e. The fourth-order valence-electron chi connectivity index (χ4n) is 2.94. The molecular formula is C19H19NO6. The van der Waals surface area contributed by atoms with E-state index < -0.39 is 5.91 Å². The minimum absolute atomic E-state index is 0.0734. The van der Waals surface area contributed by atoms with Crippen LogP contribution >= 0.6 is 0 Å². The number of aromatic hydroxyl groups is 1. The summed E-state index contributed by atoms with van der Waals surface area (Å²) in [4.78, 5) is 12.5. The van der Waals surface area contributed by atoms with Crippen molar-refractivity contribution in [1.29, 1.82) is 0 Å². The van der Waals surface area contributed by atoms with Gasteiger partial charge in [-0.25, -0.2) is 0 Å². The fraction of sp³-hybridized carbons (Fsp3) is 0.316. The molecule has 7 heteroatoms. The third-order valence-electron chi connectivity index (χ3n) is 4.29. The Bertz CT molecular complexity index is 816. The fourth-order valence-corrected chi connectivity index (χ4v) is 2.94. The van der Waals surface area contributed by atoms with Gasteiger partial charge in [0.2, 0.25) is 6.79 Å². The van der Waals surface area contributed by atoms with Crippen LogP contribution in [0, 0.1) is 0 Å². The van der Waals surface area contributed by atoms with E-state index in [2.05, 4.69) is 5.32 Å². The summed E-state index contributed by atoms with van der Waals surface area (Å²) in [5.41, 5.74) is 0.678. The number of carbonyl (C=O) groups is 1. The summed E-state index contributed by atoms with van der Waals surface area (Å²) in [6.07, 6.45) is 2.18. The molecule has 0 aromatic heterocycles. The molecule has 2 heterocycles. The van der Waals surface area contributed by atoms with Crippen molar-refractivity contribution in [3.63, 3.8) is 0 Å². The number of fused-ring (bicyclic) bond motifs is 1. The molecule has 4 rings (SSSR count). The lowest BCUT2D eigenvalue weighted by molar-refractivity contribution is 0.0680. The summed E-state index contributed by atoms with van der Waals surface area (Å²) >= 11 is 0. The number of ether oxygens (including phenoxy) is 4. The maximum Gasteiger partial charge on any atom is 0.259 e. The van der Waals surface area contributed by atoms with Crippen molar-refractivity contribution in [2.75, 3.05) is 25.3 Å². The summed E-state index contributed by atoms with van der Waals surface area (Å²) in [5, 5.41) is 12.8. The number of nitrogens with one attached hydrogen (secondary N) is 1. The molecule has 1 fully saturated rings. The van der Waals surface area contributed by atoms with Crippen LogP contribution in [-0.2, 0) is 4.74 Å². The molecule has 26 heavy (non-hydrogen) atoms. The number of anilines is 1. The summed E-state index contributed by atoms with van der Waals surface area (Å²) in [6.45, 7) is 1.34. The van der Waals surface area contributed by atoms with E-state index in [-0.39, 0.29) is 24.2 Å². The first-order valence-electron chi connectivity index (χ1n) is 8.47. The standard InChI is InChI=1S/C19H19NO6/c21-16-9-18-17(25-11-26-18)8-15(16)19(22)20-12-3-1-4-13(7-12)24-10-14-5-2-6-23-14/h1,3-4,7-9,14,21H,2,5-6,10-11H2,(H,20,22). The lowest BCUT2D eigenvalue weighted by atomic mass is 10.1. The first kappa shape index (κ1) is 16.5. The highest BCUT2D eigenvalue weighted by atomic mass is 16.7. The Labute approximate surface area is 150 Å². The molecule has 2 aromatic carbocycles. The number of phenols is 1. The molecule has 0 saturated carbocycles. The van der Waals surface area contributed by atoms with E-state index in [1.807, 2.05) is 6.07 Å². The van der Waals surface area contributed by atoms with E-state index in [1.165, 1.54) is 12.1 Å². The molecule has 2 N–H and O–H groups in total. The van der Waals surface area contributed by atoms with Crippen molar-refractivity contribution in [2.24, 2.45) is 0 Å². The van der Waals surface area contributed by atoms with Crippen molar-refractivity contribution < 1.29 is 28.8 Å². The predicted molar refractivity (Wildman–Crippen MR) is 93.1 cm³/mol. The molecule has 0 aliphatic carbocycles. The van der Waals surface area contributed by atoms with Gasteiger partial charge in [-0.15, -0.1) is 0 Å². The average Bonchev–Trinajstić information content (AvgIpc) is 3.30. The molecule has 1 saturated heterocycles. The van der Waals surface area contributed by atoms with E-state index in [0.29, 0.717) is 29.5 Å². The molecule has 0 spiro atoms. The number of hydrogen-bond acceptors (Lipinski definition) is 6. The van der Waals surface area contributed by atoms with E-state index in [9.17, 15) is 9.90 Å². The minimum Gasteiger partial charge on any atom is -0.507 e. The third kappa shape index (κ3) is 3.52. The van der Waals surface area contributed by atoms with Crippen LogP contribution in [0.2, 0.25) is 0 Å². The Balaban J connectivity index is 1.43. The quantitative estimate of drug-likeness (QED) is 0.856. The van der Waals surface area contributed by atoms with Crippen LogP contribution in [0.4, 0.5) is 5.69 Å². The van der Waals surface area contributed by atoms with Gasteiger partial charge in [-0.3, -0.25) is 4.79 Å². The molecule has 2 aromatic rings. The van der Waals surface area contributed by atoms with Crippen molar-refractivity contribution in [1.82, 2.24) is 0 Å². The molecule has 0 bridgehead atoms. The lowest BCUT2D eigenvalue weighted by Crippen LogP contribution is -2.16. The van der Waals surface area contributed by atoms with Gasteiger partial charge in [-0.05, 0) is 25.0 Å². The molecule has 136 valence electrons. The van der Waals surface area contributed by atoms with E-state index in [4.69, 9.17) is 18.9 Å². The molecule has 2 aliphatic heterocycles. The number of benzene rings is 2. The highest BCUT2D eigenvalue weighted by Crippen LogP contribution is 2.37. The van der Waals surface area contributed by atoms with Crippen LogP contribution in [0.5, 0.6) is 23.0 Å². The first-order chi connectivity index (χ1) is 12.7. The van der Waals surface area contributed by atoms with Crippen LogP contribution in [0.25, 0.3) is 0 Å². The number of rotatable bonds is 5. The normalized spacial score (nSPS) is 17.9. The molecular weight excluding hydrogens is 338 g/mol. The highest BCUT2D eigenvalue weighted by molar-refractivity contribution is 6.06. The topological polar surface area (TPSA) is 86.3 Å². The Kier molecular flexibility index (Phi) is 4.53. The zero-order valence-electron chi connectivity index (χ0n) is 14.1. The Hall–Kier alpha value is -2.93. The van der Waals surface area contributed by atoms with E-state index in [0.717, 1.165) is 19.4 Å². The van der Waals surface area contributed by atoms with Crippen LogP contribution in [0.3, 0.4) is 0 Å². The summed E-state index contributed by atoms with van der Waals surface area (Å²) in [5.74, 6) is 0.882. The maximum absolute atomic E-state index is 12.5. The average molecular weight is 357 g/mol. The first-order valence-corrected chi connectivity index (χ1v) is 8.47. The second-order valence-corrected chi connectivity index (χ2v) is 6.15. The molecule has 1 atom stereocenters. The van der Waals surface area contributed by atoms with Crippen LogP contribution in [0.1, 0.15) is 23.2 Å². The Morgan fingerprint density at radius 1 is 1.23 bits per heavy atom. The number of carbonyl (C=O) groups excluding carboxylic acids is 1. The van der Waals surface area contributed by atoms with Crippen LogP contribution < -0.4 is 19.5 Å². The van der Waals surface area contributed by atoms with Gasteiger partial charge >= 0.3 is 0 Å². The number of amides is 1. The predicted octanol–water partition coefficient (Wildman–Crippen LogP) is 2.93. The maximum atomic E-state index is 12.5. The highest BCUT2D eigenvalue weighted by Gasteiger charge is 2.21. The van der Waals surface area contributed by atoms with Crippen molar-refractivity contribution >= 4 is 11.6 Å². The molecule has 7 nitrogen and oxygen atoms in total. The summed E-state index contributed by atoms with van der Waals surface area (Å²) in [6, 6.07) is 9.93. The SMILES string of the molecule is O=C(Nc1cccc(OCC2CCCO2)c1)c1cc2c(cc1O)OCO2. The van der Waals surface area contributed by atoms with Gasteiger partial charge in [0.15, 0.2) is 11.5 Å². The molecule has 1 unspecified atom stereocenters. The van der Waals surface area contributed by atoms with E-state index >= 15 is 0 Å². The van der Waals surface area contributed by atoms with Crippen LogP contribution in [-0.4, -0.2) is 37.1 Å².